The molecule has 0 amide bonds. The van der Waals surface area contributed by atoms with Gasteiger partial charge in [-0.25, -0.2) is 0 Å². The van der Waals surface area contributed by atoms with Gasteiger partial charge in [0.15, 0.2) is 10.2 Å². The van der Waals surface area contributed by atoms with Crippen LogP contribution in [0.2, 0.25) is 0 Å². The van der Waals surface area contributed by atoms with Crippen molar-refractivity contribution in [1.82, 2.24) is 15.1 Å². The minimum atomic E-state index is 0.470. The Morgan fingerprint density at radius 2 is 1.46 bits per heavy atom. The fraction of sp³-hybridized carbons (Fsp3) is 0.889. The quantitative estimate of drug-likeness (QED) is 0.750. The Kier molecular flexibility index (Phi) is 7.10. The SMILES string of the molecule is S=C(NC1CCCCC1)N(C(=S)N1CCOCC1)C1CCCCC1. The molecule has 0 atom stereocenters. The van der Waals surface area contributed by atoms with Crippen molar-refractivity contribution < 1.29 is 4.74 Å². The summed E-state index contributed by atoms with van der Waals surface area (Å²) < 4.78 is 5.49. The van der Waals surface area contributed by atoms with Crippen molar-refractivity contribution in [2.75, 3.05) is 26.3 Å². The summed E-state index contributed by atoms with van der Waals surface area (Å²) in [5, 5.41) is 5.43. The van der Waals surface area contributed by atoms with Crippen molar-refractivity contribution >= 4 is 34.7 Å². The van der Waals surface area contributed by atoms with Crippen molar-refractivity contribution in [3.8, 4) is 0 Å². The lowest BCUT2D eigenvalue weighted by atomic mass is 9.94. The van der Waals surface area contributed by atoms with Gasteiger partial charge in [-0.3, -0.25) is 4.90 Å². The standard InChI is InChI=1S/C18H31N3OS2/c23-17(19-15-7-3-1-4-8-15)21(16-9-5-2-6-10-16)18(24)20-11-13-22-14-12-20/h15-16H,1-14H2,(H,19,23). The summed E-state index contributed by atoms with van der Waals surface area (Å²) in [6, 6.07) is 1.00. The van der Waals surface area contributed by atoms with Crippen LogP contribution < -0.4 is 5.32 Å². The van der Waals surface area contributed by atoms with E-state index in [-0.39, 0.29) is 0 Å². The third-order valence-electron chi connectivity index (χ3n) is 5.58. The highest BCUT2D eigenvalue weighted by atomic mass is 32.1. The third-order valence-corrected chi connectivity index (χ3v) is 6.35. The van der Waals surface area contributed by atoms with E-state index in [2.05, 4.69) is 15.1 Å². The van der Waals surface area contributed by atoms with E-state index in [0.29, 0.717) is 12.1 Å². The number of hydrogen-bond donors (Lipinski definition) is 1. The smallest absolute Gasteiger partial charge is 0.178 e. The molecule has 24 heavy (non-hydrogen) atoms. The predicted molar refractivity (Wildman–Crippen MR) is 106 cm³/mol. The molecule has 3 aliphatic rings. The Bertz CT molecular complexity index is 428. The normalized spacial score (nSPS) is 23.8. The molecule has 3 fully saturated rings. The van der Waals surface area contributed by atoms with Crippen LogP contribution in [0.25, 0.3) is 0 Å². The van der Waals surface area contributed by atoms with Gasteiger partial charge in [0.05, 0.1) is 13.2 Å². The summed E-state index contributed by atoms with van der Waals surface area (Å²) in [6.07, 6.45) is 12.8. The highest BCUT2D eigenvalue weighted by molar-refractivity contribution is 7.81. The Morgan fingerprint density at radius 1 is 0.875 bits per heavy atom. The molecule has 4 nitrogen and oxygen atoms in total. The van der Waals surface area contributed by atoms with Gasteiger partial charge in [-0.1, -0.05) is 38.5 Å². The molecule has 3 rings (SSSR count). The number of nitrogens with zero attached hydrogens (tertiary/aromatic N) is 2. The van der Waals surface area contributed by atoms with Gasteiger partial charge in [0.1, 0.15) is 0 Å². The predicted octanol–water partition coefficient (Wildman–Crippen LogP) is 3.45. The molecule has 6 heteroatoms. The molecule has 0 unspecified atom stereocenters. The number of ether oxygens (including phenoxy) is 1. The van der Waals surface area contributed by atoms with E-state index in [4.69, 9.17) is 29.2 Å². The van der Waals surface area contributed by atoms with Gasteiger partial charge in [0, 0.05) is 25.2 Å². The molecular formula is C18H31N3OS2. The lowest BCUT2D eigenvalue weighted by Crippen LogP contribution is -2.57. The molecule has 1 N–H and O–H groups in total. The summed E-state index contributed by atoms with van der Waals surface area (Å²) in [5.41, 5.74) is 0. The van der Waals surface area contributed by atoms with E-state index < -0.39 is 0 Å². The van der Waals surface area contributed by atoms with Crippen LogP contribution >= 0.6 is 24.4 Å². The Labute approximate surface area is 157 Å². The van der Waals surface area contributed by atoms with Crippen LogP contribution in [0.4, 0.5) is 0 Å². The number of rotatable bonds is 2. The van der Waals surface area contributed by atoms with Gasteiger partial charge in [-0.2, -0.15) is 0 Å². The topological polar surface area (TPSA) is 27.7 Å². The van der Waals surface area contributed by atoms with E-state index in [9.17, 15) is 0 Å². The molecule has 0 aromatic heterocycles. The molecule has 0 spiro atoms. The van der Waals surface area contributed by atoms with Crippen LogP contribution in [0.1, 0.15) is 64.2 Å². The number of hydrogen-bond acceptors (Lipinski definition) is 3. The van der Waals surface area contributed by atoms with Crippen molar-refractivity contribution in [3.63, 3.8) is 0 Å². The van der Waals surface area contributed by atoms with Crippen LogP contribution in [0.15, 0.2) is 0 Å². The highest BCUT2D eigenvalue weighted by Crippen LogP contribution is 2.25. The van der Waals surface area contributed by atoms with Crippen LogP contribution in [0.5, 0.6) is 0 Å². The van der Waals surface area contributed by atoms with E-state index >= 15 is 0 Å². The zero-order valence-corrected chi connectivity index (χ0v) is 16.3. The maximum Gasteiger partial charge on any atom is 0.178 e. The van der Waals surface area contributed by atoms with E-state index in [1.165, 1.54) is 64.2 Å². The van der Waals surface area contributed by atoms with Crippen molar-refractivity contribution in [1.29, 1.82) is 0 Å². The third kappa shape index (κ3) is 4.79. The monoisotopic (exact) mass is 369 g/mol. The van der Waals surface area contributed by atoms with Gasteiger partial charge in [0.25, 0.3) is 0 Å². The molecular weight excluding hydrogens is 338 g/mol. The molecule has 1 heterocycles. The Balaban J connectivity index is 1.67. The summed E-state index contributed by atoms with van der Waals surface area (Å²) in [6.45, 7) is 3.30. The average molecular weight is 370 g/mol. The molecule has 1 saturated heterocycles. The molecule has 0 radical (unpaired) electrons. The second-order valence-corrected chi connectivity index (χ2v) is 8.08. The van der Waals surface area contributed by atoms with Gasteiger partial charge >= 0.3 is 0 Å². The van der Waals surface area contributed by atoms with Crippen LogP contribution in [0, 0.1) is 0 Å². The summed E-state index contributed by atoms with van der Waals surface area (Å²) in [7, 11) is 0. The zero-order chi connectivity index (χ0) is 16.8. The first kappa shape index (κ1) is 18.3. The number of morpholine rings is 1. The molecule has 2 aliphatic carbocycles. The second kappa shape index (κ2) is 9.30. The van der Waals surface area contributed by atoms with Gasteiger partial charge in [-0.15, -0.1) is 0 Å². The molecule has 0 bridgehead atoms. The lowest BCUT2D eigenvalue weighted by Gasteiger charge is -2.42. The largest absolute Gasteiger partial charge is 0.378 e. The lowest BCUT2D eigenvalue weighted by molar-refractivity contribution is 0.0641. The van der Waals surface area contributed by atoms with Gasteiger partial charge in [0.2, 0.25) is 0 Å². The summed E-state index contributed by atoms with van der Waals surface area (Å²) in [5.74, 6) is 0. The van der Waals surface area contributed by atoms with Crippen LogP contribution in [-0.4, -0.2) is 58.4 Å². The van der Waals surface area contributed by atoms with Crippen LogP contribution in [-0.2, 0) is 4.74 Å². The summed E-state index contributed by atoms with van der Waals surface area (Å²) in [4.78, 5) is 4.56. The Morgan fingerprint density at radius 3 is 2.08 bits per heavy atom. The van der Waals surface area contributed by atoms with Crippen molar-refractivity contribution in [3.05, 3.63) is 0 Å². The molecule has 0 aromatic rings. The first-order valence-corrected chi connectivity index (χ1v) is 10.5. The molecule has 136 valence electrons. The maximum atomic E-state index is 5.89. The molecule has 1 aliphatic heterocycles. The van der Waals surface area contributed by atoms with Crippen molar-refractivity contribution in [2.45, 2.75) is 76.3 Å². The fourth-order valence-corrected chi connectivity index (χ4v) is 5.03. The van der Waals surface area contributed by atoms with Crippen molar-refractivity contribution in [2.24, 2.45) is 0 Å². The number of thiocarbonyl (C=S) groups is 2. The molecule has 2 saturated carbocycles. The Hall–Kier alpha value is -0.460. The molecule has 0 aromatic carbocycles. The summed E-state index contributed by atoms with van der Waals surface area (Å²) >= 11 is 11.7. The first-order chi connectivity index (χ1) is 11.8. The van der Waals surface area contributed by atoms with E-state index in [1.54, 1.807) is 0 Å². The van der Waals surface area contributed by atoms with E-state index in [1.807, 2.05) is 0 Å². The highest BCUT2D eigenvalue weighted by Gasteiger charge is 2.31. The zero-order valence-electron chi connectivity index (χ0n) is 14.7. The maximum absolute atomic E-state index is 5.89. The minimum absolute atomic E-state index is 0.470. The second-order valence-electron chi connectivity index (χ2n) is 7.33. The fourth-order valence-electron chi connectivity index (χ4n) is 4.15. The average Bonchev–Trinajstić information content (AvgIpc) is 2.64. The number of nitrogens with one attached hydrogen (secondary N) is 1. The van der Waals surface area contributed by atoms with Gasteiger partial charge in [-0.05, 0) is 50.1 Å². The van der Waals surface area contributed by atoms with E-state index in [0.717, 1.165) is 36.5 Å². The minimum Gasteiger partial charge on any atom is -0.378 e. The first-order valence-electron chi connectivity index (χ1n) is 9.72. The van der Waals surface area contributed by atoms with Gasteiger partial charge < -0.3 is 15.0 Å². The van der Waals surface area contributed by atoms with Crippen LogP contribution in [0.3, 0.4) is 0 Å².